The van der Waals surface area contributed by atoms with Gasteiger partial charge in [0.1, 0.15) is 0 Å². The third kappa shape index (κ3) is 2.53. The second-order valence-electron chi connectivity index (χ2n) is 4.21. The summed E-state index contributed by atoms with van der Waals surface area (Å²) in [5.74, 6) is -3.25. The van der Waals surface area contributed by atoms with Crippen molar-refractivity contribution in [2.24, 2.45) is 5.92 Å². The van der Waals surface area contributed by atoms with Crippen molar-refractivity contribution < 1.29 is 24.6 Å². The van der Waals surface area contributed by atoms with Crippen LogP contribution in [0.3, 0.4) is 0 Å². The van der Waals surface area contributed by atoms with Crippen LogP contribution in [0.5, 0.6) is 0 Å². The Morgan fingerprint density at radius 1 is 1.32 bits per heavy atom. The van der Waals surface area contributed by atoms with E-state index in [1.807, 2.05) is 0 Å². The van der Waals surface area contributed by atoms with Crippen LogP contribution in [-0.2, 0) is 9.59 Å². The monoisotopic (exact) mass is 283 g/mol. The fourth-order valence-electron chi connectivity index (χ4n) is 1.96. The Morgan fingerprint density at radius 2 is 2.00 bits per heavy atom. The first kappa shape index (κ1) is 13.4. The number of carboxylic acids is 2. The second-order valence-corrected chi connectivity index (χ2v) is 4.62. The topological polar surface area (TPSA) is 94.9 Å². The van der Waals surface area contributed by atoms with Crippen molar-refractivity contribution >= 4 is 35.1 Å². The Morgan fingerprint density at radius 3 is 2.47 bits per heavy atom. The summed E-state index contributed by atoms with van der Waals surface area (Å²) >= 11 is 5.94. The first-order valence-corrected chi connectivity index (χ1v) is 5.84. The fourth-order valence-corrected chi connectivity index (χ4v) is 2.25. The molecule has 0 aromatic heterocycles. The molecular weight excluding hydrogens is 274 g/mol. The largest absolute Gasteiger partial charge is 0.481 e. The molecule has 6 nitrogen and oxygen atoms in total. The molecule has 7 heteroatoms. The maximum absolute atomic E-state index is 11.7. The molecule has 0 spiro atoms. The van der Waals surface area contributed by atoms with E-state index in [2.05, 4.69) is 0 Å². The van der Waals surface area contributed by atoms with E-state index in [0.29, 0.717) is 5.69 Å². The van der Waals surface area contributed by atoms with Crippen LogP contribution in [0.2, 0.25) is 5.02 Å². The zero-order valence-corrected chi connectivity index (χ0v) is 10.4. The van der Waals surface area contributed by atoms with Crippen molar-refractivity contribution in [3.8, 4) is 0 Å². The molecule has 1 fully saturated rings. The molecule has 19 heavy (non-hydrogen) atoms. The zero-order chi connectivity index (χ0) is 14.2. The summed E-state index contributed by atoms with van der Waals surface area (Å²) in [6.45, 7) is 0.0420. The molecule has 100 valence electrons. The highest BCUT2D eigenvalue weighted by Gasteiger charge is 2.35. The van der Waals surface area contributed by atoms with Gasteiger partial charge in [-0.25, -0.2) is 4.79 Å². The van der Waals surface area contributed by atoms with Crippen LogP contribution < -0.4 is 4.90 Å². The highest BCUT2D eigenvalue weighted by molar-refractivity contribution is 6.34. The van der Waals surface area contributed by atoms with Crippen molar-refractivity contribution in [1.29, 1.82) is 0 Å². The summed E-state index contributed by atoms with van der Waals surface area (Å²) in [6, 6.07) is 3.97. The van der Waals surface area contributed by atoms with Gasteiger partial charge in [0.05, 0.1) is 22.2 Å². The summed E-state index contributed by atoms with van der Waals surface area (Å²) < 4.78 is 0. The number of anilines is 1. The summed E-state index contributed by atoms with van der Waals surface area (Å²) in [6.07, 6.45) is -0.0770. The standard InChI is InChI=1S/C12H10ClNO5/c13-8-3-6(11(16)17)1-2-9(8)14-5-7(12(18)19)4-10(14)15/h1-3,7H,4-5H2,(H,16,17)(H,18,19)/t7-/m0/s1. The lowest BCUT2D eigenvalue weighted by Gasteiger charge is -2.17. The number of hydrogen-bond acceptors (Lipinski definition) is 3. The lowest BCUT2D eigenvalue weighted by atomic mass is 10.1. The van der Waals surface area contributed by atoms with Gasteiger partial charge < -0.3 is 15.1 Å². The van der Waals surface area contributed by atoms with Gasteiger partial charge in [0.15, 0.2) is 0 Å². The SMILES string of the molecule is O=C(O)c1ccc(N2C[C@@H](C(=O)O)CC2=O)c(Cl)c1. The Bertz CT molecular complexity index is 571. The number of aliphatic carboxylic acids is 1. The van der Waals surface area contributed by atoms with Crippen LogP contribution in [-0.4, -0.2) is 34.6 Å². The highest BCUT2D eigenvalue weighted by atomic mass is 35.5. The van der Waals surface area contributed by atoms with E-state index >= 15 is 0 Å². The maximum Gasteiger partial charge on any atom is 0.335 e. The lowest BCUT2D eigenvalue weighted by molar-refractivity contribution is -0.141. The van der Waals surface area contributed by atoms with Gasteiger partial charge in [0.25, 0.3) is 0 Å². The molecule has 0 aliphatic carbocycles. The molecule has 0 unspecified atom stereocenters. The average Bonchev–Trinajstić information content (AvgIpc) is 2.71. The Labute approximate surface area is 113 Å². The molecule has 1 aromatic carbocycles. The molecule has 1 amide bonds. The van der Waals surface area contributed by atoms with Gasteiger partial charge in [-0.2, -0.15) is 0 Å². The van der Waals surface area contributed by atoms with Crippen LogP contribution in [0.25, 0.3) is 0 Å². The van der Waals surface area contributed by atoms with Gasteiger partial charge in [-0.05, 0) is 18.2 Å². The molecule has 0 bridgehead atoms. The van der Waals surface area contributed by atoms with Gasteiger partial charge >= 0.3 is 11.9 Å². The van der Waals surface area contributed by atoms with E-state index in [-0.39, 0.29) is 29.5 Å². The molecule has 1 heterocycles. The second kappa shape index (κ2) is 4.89. The number of carbonyl (C=O) groups is 3. The number of benzene rings is 1. The van der Waals surface area contributed by atoms with E-state index in [1.54, 1.807) is 0 Å². The van der Waals surface area contributed by atoms with Crippen molar-refractivity contribution in [2.75, 3.05) is 11.4 Å². The normalized spacial score (nSPS) is 18.7. The Balaban J connectivity index is 2.30. The minimum absolute atomic E-state index is 0.00943. The van der Waals surface area contributed by atoms with Gasteiger partial charge in [-0.3, -0.25) is 9.59 Å². The van der Waals surface area contributed by atoms with E-state index in [1.165, 1.54) is 23.1 Å². The van der Waals surface area contributed by atoms with E-state index in [9.17, 15) is 14.4 Å². The molecule has 1 saturated heterocycles. The number of rotatable bonds is 3. The Kier molecular flexibility index (Phi) is 3.44. The lowest BCUT2D eigenvalue weighted by Crippen LogP contribution is -2.26. The van der Waals surface area contributed by atoms with Crippen LogP contribution >= 0.6 is 11.6 Å². The third-order valence-electron chi connectivity index (χ3n) is 2.96. The summed E-state index contributed by atoms with van der Waals surface area (Å²) in [7, 11) is 0. The average molecular weight is 284 g/mol. The third-order valence-corrected chi connectivity index (χ3v) is 3.26. The van der Waals surface area contributed by atoms with Crippen molar-refractivity contribution in [3.63, 3.8) is 0 Å². The molecule has 1 aliphatic rings. The summed E-state index contributed by atoms with van der Waals surface area (Å²) in [4.78, 5) is 34.7. The van der Waals surface area contributed by atoms with Crippen LogP contribution in [0.15, 0.2) is 18.2 Å². The first-order valence-electron chi connectivity index (χ1n) is 5.46. The zero-order valence-electron chi connectivity index (χ0n) is 9.67. The summed E-state index contributed by atoms with van der Waals surface area (Å²) in [5.41, 5.74) is 0.343. The molecule has 2 N–H and O–H groups in total. The minimum atomic E-state index is -1.12. The number of nitrogens with zero attached hydrogens (tertiary/aromatic N) is 1. The van der Waals surface area contributed by atoms with Crippen LogP contribution in [0.1, 0.15) is 16.8 Å². The maximum atomic E-state index is 11.7. The van der Waals surface area contributed by atoms with Gasteiger partial charge in [-0.1, -0.05) is 11.6 Å². The molecule has 0 radical (unpaired) electrons. The number of carboxylic acid groups (broad SMARTS) is 2. The van der Waals surface area contributed by atoms with Crippen molar-refractivity contribution in [2.45, 2.75) is 6.42 Å². The quantitative estimate of drug-likeness (QED) is 0.876. The van der Waals surface area contributed by atoms with Gasteiger partial charge in [0, 0.05) is 13.0 Å². The summed E-state index contributed by atoms with van der Waals surface area (Å²) in [5, 5.41) is 17.8. The van der Waals surface area contributed by atoms with E-state index < -0.39 is 17.9 Å². The molecular formula is C12H10ClNO5. The smallest absolute Gasteiger partial charge is 0.335 e. The predicted molar refractivity (Wildman–Crippen MR) is 66.5 cm³/mol. The fraction of sp³-hybridized carbons (Fsp3) is 0.250. The van der Waals surface area contributed by atoms with Crippen LogP contribution in [0.4, 0.5) is 5.69 Å². The number of carbonyl (C=O) groups excluding carboxylic acids is 1. The number of hydrogen-bond donors (Lipinski definition) is 2. The molecule has 0 saturated carbocycles. The molecule has 1 aromatic rings. The minimum Gasteiger partial charge on any atom is -0.481 e. The van der Waals surface area contributed by atoms with Crippen molar-refractivity contribution in [3.05, 3.63) is 28.8 Å². The highest BCUT2D eigenvalue weighted by Crippen LogP contribution is 2.32. The number of aromatic carboxylic acids is 1. The van der Waals surface area contributed by atoms with Crippen LogP contribution in [0, 0.1) is 5.92 Å². The Hall–Kier alpha value is -2.08. The molecule has 1 atom stereocenters. The number of halogens is 1. The van der Waals surface area contributed by atoms with Gasteiger partial charge in [0.2, 0.25) is 5.91 Å². The van der Waals surface area contributed by atoms with Crippen molar-refractivity contribution in [1.82, 2.24) is 0 Å². The van der Waals surface area contributed by atoms with Gasteiger partial charge in [-0.15, -0.1) is 0 Å². The molecule has 2 rings (SSSR count). The first-order chi connectivity index (χ1) is 8.90. The number of amides is 1. The predicted octanol–water partition coefficient (Wildman–Crippen LogP) is 1.48. The van der Waals surface area contributed by atoms with E-state index in [4.69, 9.17) is 21.8 Å². The molecule has 1 aliphatic heterocycles. The van der Waals surface area contributed by atoms with E-state index in [0.717, 1.165) is 0 Å².